The molecular formula is C22H19Cl2N3O4S. The molecule has 0 unspecified atom stereocenters. The number of imide groups is 1. The van der Waals surface area contributed by atoms with E-state index in [0.29, 0.717) is 21.2 Å². The summed E-state index contributed by atoms with van der Waals surface area (Å²) in [4.78, 5) is 50.1. The third-order valence-electron chi connectivity index (χ3n) is 4.49. The van der Waals surface area contributed by atoms with E-state index in [-0.39, 0.29) is 30.4 Å². The Morgan fingerprint density at radius 3 is 2.59 bits per heavy atom. The number of thioether (sulfide) groups is 1. The quantitative estimate of drug-likeness (QED) is 0.572. The summed E-state index contributed by atoms with van der Waals surface area (Å²) in [6, 6.07) is 12.0. The van der Waals surface area contributed by atoms with E-state index >= 15 is 0 Å². The maximum absolute atomic E-state index is 12.6. The highest BCUT2D eigenvalue weighted by atomic mass is 35.5. The topological polar surface area (TPSA) is 95.6 Å². The third-order valence-corrected chi connectivity index (χ3v) is 6.23. The molecule has 166 valence electrons. The van der Waals surface area contributed by atoms with Crippen LogP contribution in [0.3, 0.4) is 0 Å². The molecule has 2 aromatic rings. The molecule has 1 aliphatic heterocycles. The Kier molecular flexibility index (Phi) is 7.95. The van der Waals surface area contributed by atoms with Gasteiger partial charge >= 0.3 is 0 Å². The van der Waals surface area contributed by atoms with Crippen molar-refractivity contribution in [2.75, 3.05) is 19.6 Å². The van der Waals surface area contributed by atoms with Gasteiger partial charge in [-0.25, -0.2) is 0 Å². The van der Waals surface area contributed by atoms with Gasteiger partial charge in [0.2, 0.25) is 5.91 Å². The van der Waals surface area contributed by atoms with Gasteiger partial charge in [0.15, 0.2) is 0 Å². The summed E-state index contributed by atoms with van der Waals surface area (Å²) in [5, 5.41) is 5.31. The third kappa shape index (κ3) is 5.91. The molecule has 0 saturated carbocycles. The van der Waals surface area contributed by atoms with Crippen molar-refractivity contribution >= 4 is 64.0 Å². The largest absolute Gasteiger partial charge is 0.353 e. The number of amides is 4. The number of nitrogens with one attached hydrogen (secondary N) is 2. The minimum absolute atomic E-state index is 0.00283. The van der Waals surface area contributed by atoms with Crippen LogP contribution in [0.25, 0.3) is 6.08 Å². The van der Waals surface area contributed by atoms with Crippen LogP contribution in [-0.4, -0.2) is 47.5 Å². The van der Waals surface area contributed by atoms with Crippen LogP contribution in [0, 0.1) is 6.92 Å². The maximum atomic E-state index is 12.6. The van der Waals surface area contributed by atoms with Crippen molar-refractivity contribution in [3.05, 3.63) is 74.1 Å². The first-order valence-electron chi connectivity index (χ1n) is 9.57. The number of benzene rings is 2. The number of carbonyl (C=O) groups is 4. The van der Waals surface area contributed by atoms with Crippen LogP contribution in [0.2, 0.25) is 10.0 Å². The zero-order valence-corrected chi connectivity index (χ0v) is 19.3. The van der Waals surface area contributed by atoms with Crippen LogP contribution in [0.4, 0.5) is 4.79 Å². The smallest absolute Gasteiger partial charge is 0.293 e. The van der Waals surface area contributed by atoms with Crippen molar-refractivity contribution in [3.63, 3.8) is 0 Å². The zero-order valence-electron chi connectivity index (χ0n) is 17.0. The molecule has 2 N–H and O–H groups in total. The zero-order chi connectivity index (χ0) is 23.3. The lowest BCUT2D eigenvalue weighted by molar-refractivity contribution is -0.124. The molecular weight excluding hydrogens is 473 g/mol. The summed E-state index contributed by atoms with van der Waals surface area (Å²) in [6.07, 6.45) is 1.51. The monoisotopic (exact) mass is 491 g/mol. The van der Waals surface area contributed by atoms with Gasteiger partial charge in [-0.15, -0.1) is 0 Å². The average Bonchev–Trinajstić information content (AvgIpc) is 3.02. The molecule has 4 amide bonds. The van der Waals surface area contributed by atoms with Crippen LogP contribution in [0.5, 0.6) is 0 Å². The van der Waals surface area contributed by atoms with Crippen molar-refractivity contribution in [2.45, 2.75) is 6.92 Å². The molecule has 0 radical (unpaired) electrons. The second-order valence-electron chi connectivity index (χ2n) is 6.88. The summed E-state index contributed by atoms with van der Waals surface area (Å²) < 4.78 is 0. The van der Waals surface area contributed by atoms with Gasteiger partial charge in [0, 0.05) is 18.7 Å². The van der Waals surface area contributed by atoms with Crippen molar-refractivity contribution in [1.82, 2.24) is 15.5 Å². The number of hydrogen-bond donors (Lipinski definition) is 2. The molecule has 2 aromatic carbocycles. The molecule has 1 fully saturated rings. The van der Waals surface area contributed by atoms with E-state index in [1.165, 1.54) is 6.08 Å². The minimum atomic E-state index is -0.474. The fourth-order valence-electron chi connectivity index (χ4n) is 2.88. The van der Waals surface area contributed by atoms with E-state index in [4.69, 9.17) is 23.2 Å². The Morgan fingerprint density at radius 2 is 1.84 bits per heavy atom. The first kappa shape index (κ1) is 23.8. The van der Waals surface area contributed by atoms with Crippen molar-refractivity contribution in [3.8, 4) is 0 Å². The van der Waals surface area contributed by atoms with E-state index in [1.54, 1.807) is 36.4 Å². The van der Waals surface area contributed by atoms with Gasteiger partial charge in [-0.1, -0.05) is 53.0 Å². The van der Waals surface area contributed by atoms with Crippen LogP contribution in [0.1, 0.15) is 21.5 Å². The van der Waals surface area contributed by atoms with Crippen molar-refractivity contribution in [2.24, 2.45) is 0 Å². The highest BCUT2D eigenvalue weighted by Gasteiger charge is 2.34. The second-order valence-corrected chi connectivity index (χ2v) is 8.66. The van der Waals surface area contributed by atoms with E-state index in [2.05, 4.69) is 10.6 Å². The molecule has 0 aromatic heterocycles. The fourth-order valence-corrected chi connectivity index (χ4v) is 4.10. The molecule has 1 heterocycles. The van der Waals surface area contributed by atoms with Gasteiger partial charge in [-0.05, 0) is 48.5 Å². The molecule has 0 aliphatic carbocycles. The normalized spacial score (nSPS) is 14.7. The lowest BCUT2D eigenvalue weighted by atomic mass is 10.1. The fraction of sp³-hybridized carbons (Fsp3) is 0.182. The molecule has 32 heavy (non-hydrogen) atoms. The first-order valence-corrected chi connectivity index (χ1v) is 11.1. The highest BCUT2D eigenvalue weighted by molar-refractivity contribution is 8.18. The van der Waals surface area contributed by atoms with Gasteiger partial charge in [-0.2, -0.15) is 0 Å². The van der Waals surface area contributed by atoms with Gasteiger partial charge in [-0.3, -0.25) is 24.1 Å². The molecule has 3 rings (SSSR count). The average molecular weight is 492 g/mol. The number of halogens is 2. The summed E-state index contributed by atoms with van der Waals surface area (Å²) in [7, 11) is 0. The van der Waals surface area contributed by atoms with E-state index in [9.17, 15) is 19.2 Å². The standard InChI is InChI=1S/C22H19Cl2N3O4S/c1-13-4-2-6-15(10-13)20(29)26-12-18(28)25-8-9-27-21(30)17(32-22(27)31)11-14-5-3-7-16(23)19(14)24/h2-7,10-11H,8-9,12H2,1H3,(H,25,28)(H,26,29). The molecule has 0 bridgehead atoms. The Labute approximate surface area is 199 Å². The predicted octanol–water partition coefficient (Wildman–Crippen LogP) is 3.88. The SMILES string of the molecule is Cc1cccc(C(=O)NCC(=O)NCCN2C(=O)SC(=Cc3cccc(Cl)c3Cl)C2=O)c1. The molecule has 10 heteroatoms. The maximum Gasteiger partial charge on any atom is 0.293 e. The molecule has 7 nitrogen and oxygen atoms in total. The first-order chi connectivity index (χ1) is 15.3. The van der Waals surface area contributed by atoms with E-state index < -0.39 is 17.1 Å². The lowest BCUT2D eigenvalue weighted by Crippen LogP contribution is -2.41. The van der Waals surface area contributed by atoms with E-state index in [0.717, 1.165) is 22.2 Å². The number of carbonyl (C=O) groups excluding carboxylic acids is 4. The number of aryl methyl sites for hydroxylation is 1. The molecule has 1 aliphatic rings. The van der Waals surface area contributed by atoms with Crippen LogP contribution >= 0.6 is 35.0 Å². The minimum Gasteiger partial charge on any atom is -0.353 e. The molecule has 0 spiro atoms. The Hall–Kier alpha value is -2.81. The number of hydrogen-bond acceptors (Lipinski definition) is 5. The van der Waals surface area contributed by atoms with Gasteiger partial charge in [0.25, 0.3) is 17.1 Å². The Balaban J connectivity index is 1.49. The van der Waals surface area contributed by atoms with Gasteiger partial charge < -0.3 is 10.6 Å². The van der Waals surface area contributed by atoms with Gasteiger partial charge in [0.1, 0.15) is 0 Å². The van der Waals surface area contributed by atoms with Gasteiger partial charge in [0.05, 0.1) is 21.5 Å². The predicted molar refractivity (Wildman–Crippen MR) is 126 cm³/mol. The number of rotatable bonds is 7. The van der Waals surface area contributed by atoms with Crippen molar-refractivity contribution in [1.29, 1.82) is 0 Å². The van der Waals surface area contributed by atoms with Crippen LogP contribution in [-0.2, 0) is 9.59 Å². The highest BCUT2D eigenvalue weighted by Crippen LogP contribution is 2.34. The molecule has 1 saturated heterocycles. The van der Waals surface area contributed by atoms with Crippen LogP contribution < -0.4 is 10.6 Å². The Bertz CT molecular complexity index is 1120. The van der Waals surface area contributed by atoms with E-state index in [1.807, 2.05) is 13.0 Å². The summed E-state index contributed by atoms with van der Waals surface area (Å²) >= 11 is 12.9. The summed E-state index contributed by atoms with van der Waals surface area (Å²) in [5.41, 5.74) is 1.93. The lowest BCUT2D eigenvalue weighted by Gasteiger charge is -2.13. The van der Waals surface area contributed by atoms with Crippen LogP contribution in [0.15, 0.2) is 47.4 Å². The summed E-state index contributed by atoms with van der Waals surface area (Å²) in [5.74, 6) is -1.27. The number of nitrogens with zero attached hydrogens (tertiary/aromatic N) is 1. The Morgan fingerprint density at radius 1 is 1.09 bits per heavy atom. The molecule has 0 atom stereocenters. The summed E-state index contributed by atoms with van der Waals surface area (Å²) in [6.45, 7) is 1.71. The van der Waals surface area contributed by atoms with Crippen molar-refractivity contribution < 1.29 is 19.2 Å². The second kappa shape index (κ2) is 10.7.